The molecule has 8 heteroatoms. The molecule has 4 fully saturated rings. The summed E-state index contributed by atoms with van der Waals surface area (Å²) in [4.78, 5) is 14.8. The monoisotopic (exact) mass is 613 g/mol. The summed E-state index contributed by atoms with van der Waals surface area (Å²) < 4.78 is 12.8. The summed E-state index contributed by atoms with van der Waals surface area (Å²) in [6, 6.07) is 6.47. The van der Waals surface area contributed by atoms with E-state index in [2.05, 4.69) is 56.2 Å². The number of rotatable bonds is 6. The Bertz CT molecular complexity index is 1480. The van der Waals surface area contributed by atoms with Gasteiger partial charge in [0.15, 0.2) is 0 Å². The predicted octanol–water partition coefficient (Wildman–Crippen LogP) is 6.55. The lowest BCUT2D eigenvalue weighted by Crippen LogP contribution is -2.63. The van der Waals surface area contributed by atoms with Crippen LogP contribution in [0, 0.1) is 22.7 Å². The van der Waals surface area contributed by atoms with Crippen LogP contribution in [-0.4, -0.2) is 52.8 Å². The highest BCUT2D eigenvalue weighted by molar-refractivity contribution is 5.63. The molecule has 1 aromatic carbocycles. The number of nitrogens with two attached hydrogens (primary N) is 2. The Labute approximate surface area is 269 Å². The number of fused-ring (bicyclic) bond motifs is 2. The van der Waals surface area contributed by atoms with Crippen LogP contribution in [0.25, 0.3) is 0 Å². The van der Waals surface area contributed by atoms with Crippen LogP contribution in [0.1, 0.15) is 118 Å². The number of nitriles is 1. The van der Waals surface area contributed by atoms with Gasteiger partial charge in [0.1, 0.15) is 23.9 Å². The van der Waals surface area contributed by atoms with E-state index >= 15 is 0 Å². The van der Waals surface area contributed by atoms with E-state index in [4.69, 9.17) is 21.4 Å². The smallest absolute Gasteiger partial charge is 0.135 e. The minimum absolute atomic E-state index is 0.236. The standard InChI is InChI=1S/C29H38N6.C8H14FN/c1-5-17(3)21-9-10-24(32)23(14-30)27(21)19-7-8-22-25(11-19)33-26(6-2)34-28(22)35-15-29(16-35)12-20(13-29)18(4)31;1-8-3-2-4-10(8)6-7(9)5-8/h9-10,17,19-20H,4-8,11-13,15-16,31-32H2,1-3H3;7H,2-6H2,1H3. The third kappa shape index (κ3) is 5.82. The topological polar surface area (TPSA) is 108 Å². The van der Waals surface area contributed by atoms with Gasteiger partial charge in [0.2, 0.25) is 0 Å². The van der Waals surface area contributed by atoms with Crippen LogP contribution < -0.4 is 16.4 Å². The molecule has 7 nitrogen and oxygen atoms in total. The number of aryl methyl sites for hydroxylation is 1. The number of benzene rings is 1. The summed E-state index contributed by atoms with van der Waals surface area (Å²) in [6.07, 6.45) is 9.61. The van der Waals surface area contributed by atoms with E-state index < -0.39 is 6.17 Å². The summed E-state index contributed by atoms with van der Waals surface area (Å²) in [5.74, 6) is 3.18. The molecule has 1 saturated carbocycles. The van der Waals surface area contributed by atoms with Gasteiger partial charge in [-0.2, -0.15) is 5.26 Å². The van der Waals surface area contributed by atoms with Crippen molar-refractivity contribution in [1.82, 2.24) is 14.9 Å². The highest BCUT2D eigenvalue weighted by Gasteiger charge is 2.53. The van der Waals surface area contributed by atoms with Crippen molar-refractivity contribution in [2.45, 2.75) is 115 Å². The van der Waals surface area contributed by atoms with Gasteiger partial charge in [-0.15, -0.1) is 0 Å². The van der Waals surface area contributed by atoms with Gasteiger partial charge in [-0.1, -0.05) is 33.4 Å². The van der Waals surface area contributed by atoms with E-state index in [0.29, 0.717) is 35.0 Å². The molecule has 2 aromatic rings. The summed E-state index contributed by atoms with van der Waals surface area (Å²) in [7, 11) is 0. The van der Waals surface area contributed by atoms with Crippen molar-refractivity contribution in [3.63, 3.8) is 0 Å². The number of aromatic nitrogens is 2. The van der Waals surface area contributed by atoms with E-state index in [1.54, 1.807) is 0 Å². The summed E-state index contributed by atoms with van der Waals surface area (Å²) in [5, 5.41) is 10.00. The highest BCUT2D eigenvalue weighted by atomic mass is 19.1. The molecule has 4 heterocycles. The zero-order valence-electron chi connectivity index (χ0n) is 27.8. The van der Waals surface area contributed by atoms with Crippen LogP contribution in [0.3, 0.4) is 0 Å². The predicted molar refractivity (Wildman–Crippen MR) is 180 cm³/mol. The minimum Gasteiger partial charge on any atom is -0.402 e. The van der Waals surface area contributed by atoms with Crippen LogP contribution in [0.2, 0.25) is 0 Å². The van der Waals surface area contributed by atoms with E-state index in [1.807, 2.05) is 6.07 Å². The van der Waals surface area contributed by atoms with Crippen molar-refractivity contribution in [2.75, 3.05) is 36.8 Å². The van der Waals surface area contributed by atoms with Crippen molar-refractivity contribution in [3.8, 4) is 6.07 Å². The van der Waals surface area contributed by atoms with Gasteiger partial charge in [-0.25, -0.2) is 14.4 Å². The Balaban J connectivity index is 0.000000301. The Morgan fingerprint density at radius 2 is 1.98 bits per heavy atom. The molecule has 4 N–H and O–H groups in total. The summed E-state index contributed by atoms with van der Waals surface area (Å²) in [6.45, 7) is 16.6. The second kappa shape index (κ2) is 12.2. The molecule has 4 unspecified atom stereocenters. The Morgan fingerprint density at radius 1 is 1.22 bits per heavy atom. The molecular formula is C37H52FN7. The summed E-state index contributed by atoms with van der Waals surface area (Å²) in [5.41, 5.74) is 19.8. The number of hydrogen-bond acceptors (Lipinski definition) is 7. The van der Waals surface area contributed by atoms with Crippen molar-refractivity contribution in [3.05, 3.63) is 58.2 Å². The maximum atomic E-state index is 12.8. The molecular weight excluding hydrogens is 561 g/mol. The van der Waals surface area contributed by atoms with Crippen LogP contribution in [0.4, 0.5) is 15.9 Å². The number of nitrogens with zero attached hydrogens (tertiary/aromatic N) is 5. The fraction of sp³-hybridized carbons (Fsp3) is 0.649. The first-order valence-electron chi connectivity index (χ1n) is 17.3. The van der Waals surface area contributed by atoms with Crippen LogP contribution in [-0.2, 0) is 19.3 Å². The molecule has 3 aliphatic heterocycles. The first-order valence-corrected chi connectivity index (χ1v) is 17.3. The Kier molecular flexibility index (Phi) is 8.62. The average molecular weight is 614 g/mol. The average Bonchev–Trinajstić information content (AvgIpc) is 3.47. The maximum Gasteiger partial charge on any atom is 0.135 e. The van der Waals surface area contributed by atoms with Crippen LogP contribution in [0.15, 0.2) is 24.4 Å². The number of allylic oxidation sites excluding steroid dienone is 1. The highest BCUT2D eigenvalue weighted by Crippen LogP contribution is 2.55. The molecule has 3 saturated heterocycles. The molecule has 0 amide bonds. The summed E-state index contributed by atoms with van der Waals surface area (Å²) >= 11 is 0. The molecule has 242 valence electrons. The van der Waals surface area contributed by atoms with Gasteiger partial charge >= 0.3 is 0 Å². The van der Waals surface area contributed by atoms with Gasteiger partial charge in [0, 0.05) is 54.0 Å². The third-order valence-corrected chi connectivity index (χ3v) is 11.8. The van der Waals surface area contributed by atoms with Gasteiger partial charge < -0.3 is 16.4 Å². The first kappa shape index (κ1) is 31.8. The van der Waals surface area contributed by atoms with Crippen molar-refractivity contribution in [1.29, 1.82) is 5.26 Å². The SMILES string of the molecule is C=C(N)C1CC2(C1)CN(c1nc(CC)nc3c1CCC(c1c(C(C)CC)ccc(N)c1C#N)C3)C2.CC12CCCN1CC(F)C2. The second-order valence-corrected chi connectivity index (χ2v) is 15.0. The molecule has 5 aliphatic rings. The fourth-order valence-electron chi connectivity index (χ4n) is 9.00. The molecule has 0 radical (unpaired) electrons. The fourth-order valence-corrected chi connectivity index (χ4v) is 9.00. The molecule has 2 aliphatic carbocycles. The number of hydrogen-bond donors (Lipinski definition) is 2. The molecule has 1 aromatic heterocycles. The molecule has 1 spiro atoms. The molecule has 45 heavy (non-hydrogen) atoms. The van der Waals surface area contributed by atoms with Gasteiger partial charge in [0.25, 0.3) is 0 Å². The van der Waals surface area contributed by atoms with Gasteiger partial charge in [-0.05, 0) is 106 Å². The first-order chi connectivity index (χ1) is 21.5. The van der Waals surface area contributed by atoms with E-state index in [0.717, 1.165) is 99.6 Å². The van der Waals surface area contributed by atoms with Crippen molar-refractivity contribution < 1.29 is 4.39 Å². The number of anilines is 2. The zero-order chi connectivity index (χ0) is 32.1. The lowest BCUT2D eigenvalue weighted by molar-refractivity contribution is 0.0411. The molecule has 7 rings (SSSR count). The van der Waals surface area contributed by atoms with Crippen molar-refractivity contribution >= 4 is 11.5 Å². The molecule has 0 bridgehead atoms. The van der Waals surface area contributed by atoms with Gasteiger partial charge in [0.05, 0.1) is 11.3 Å². The van der Waals surface area contributed by atoms with Gasteiger partial charge in [-0.3, -0.25) is 4.90 Å². The Morgan fingerprint density at radius 3 is 2.62 bits per heavy atom. The van der Waals surface area contributed by atoms with Crippen LogP contribution in [0.5, 0.6) is 0 Å². The van der Waals surface area contributed by atoms with Crippen LogP contribution >= 0.6 is 0 Å². The molecule has 4 atom stereocenters. The quantitative estimate of drug-likeness (QED) is 0.356. The Hall–Kier alpha value is -3.18. The second-order valence-electron chi connectivity index (χ2n) is 15.0. The lowest BCUT2D eigenvalue weighted by atomic mass is 9.57. The minimum atomic E-state index is -0.551. The normalized spacial score (nSPS) is 27.4. The van der Waals surface area contributed by atoms with Crippen molar-refractivity contribution in [2.24, 2.45) is 17.1 Å². The van der Waals surface area contributed by atoms with E-state index in [-0.39, 0.29) is 11.5 Å². The third-order valence-electron chi connectivity index (χ3n) is 11.8. The number of nitrogen functional groups attached to an aromatic ring is 1. The zero-order valence-corrected chi connectivity index (χ0v) is 27.8. The van der Waals surface area contributed by atoms with E-state index in [1.165, 1.54) is 24.0 Å². The van der Waals surface area contributed by atoms with E-state index in [9.17, 15) is 9.65 Å². The number of alkyl halides is 1. The largest absolute Gasteiger partial charge is 0.402 e. The maximum absolute atomic E-state index is 12.8. The number of halogens is 1. The lowest BCUT2D eigenvalue weighted by Gasteiger charge is -2.60.